The lowest BCUT2D eigenvalue weighted by Gasteiger charge is -2.29. The SMILES string of the molecule is COC(=O)[C@H]1CC[C@@H](N)[C@@H](N)C1. The molecule has 1 saturated carbocycles. The molecule has 0 aromatic heterocycles. The van der Waals surface area contributed by atoms with Gasteiger partial charge in [0, 0.05) is 12.1 Å². The van der Waals surface area contributed by atoms with Crippen LogP contribution < -0.4 is 11.5 Å². The third-order valence-electron chi connectivity index (χ3n) is 2.49. The molecule has 4 heteroatoms. The van der Waals surface area contributed by atoms with Gasteiger partial charge in [0.25, 0.3) is 0 Å². The number of ether oxygens (including phenoxy) is 1. The number of methoxy groups -OCH3 is 1. The Morgan fingerprint density at radius 1 is 1.33 bits per heavy atom. The quantitative estimate of drug-likeness (QED) is 0.528. The number of esters is 1. The van der Waals surface area contributed by atoms with Crippen LogP contribution in [0.5, 0.6) is 0 Å². The molecule has 0 aliphatic heterocycles. The Morgan fingerprint density at radius 2 is 2.00 bits per heavy atom. The Labute approximate surface area is 72.2 Å². The Kier molecular flexibility index (Phi) is 3.05. The van der Waals surface area contributed by atoms with E-state index in [1.807, 2.05) is 0 Å². The number of nitrogens with two attached hydrogens (primary N) is 2. The first-order valence-electron chi connectivity index (χ1n) is 4.24. The average Bonchev–Trinajstić information content (AvgIpc) is 2.08. The maximum atomic E-state index is 11.1. The molecule has 0 amide bonds. The van der Waals surface area contributed by atoms with Gasteiger partial charge in [-0.25, -0.2) is 0 Å². The van der Waals surface area contributed by atoms with Crippen molar-refractivity contribution in [3.05, 3.63) is 0 Å². The number of hydrogen-bond acceptors (Lipinski definition) is 4. The van der Waals surface area contributed by atoms with E-state index in [1.54, 1.807) is 0 Å². The molecule has 4 N–H and O–H groups in total. The highest BCUT2D eigenvalue weighted by molar-refractivity contribution is 5.72. The van der Waals surface area contributed by atoms with Crippen LogP contribution in [0.4, 0.5) is 0 Å². The third-order valence-corrected chi connectivity index (χ3v) is 2.49. The second-order valence-corrected chi connectivity index (χ2v) is 3.36. The topological polar surface area (TPSA) is 78.3 Å². The molecular weight excluding hydrogens is 156 g/mol. The van der Waals surface area contributed by atoms with Crippen molar-refractivity contribution in [1.29, 1.82) is 0 Å². The van der Waals surface area contributed by atoms with Crippen molar-refractivity contribution in [1.82, 2.24) is 0 Å². The van der Waals surface area contributed by atoms with Gasteiger partial charge in [-0.1, -0.05) is 0 Å². The summed E-state index contributed by atoms with van der Waals surface area (Å²) < 4.78 is 4.64. The van der Waals surface area contributed by atoms with E-state index >= 15 is 0 Å². The van der Waals surface area contributed by atoms with E-state index in [9.17, 15) is 4.79 Å². The minimum absolute atomic E-state index is 0.0372. The molecule has 1 fully saturated rings. The molecule has 0 spiro atoms. The zero-order chi connectivity index (χ0) is 9.14. The lowest BCUT2D eigenvalue weighted by molar-refractivity contribution is -0.146. The van der Waals surface area contributed by atoms with Gasteiger partial charge >= 0.3 is 5.97 Å². The van der Waals surface area contributed by atoms with E-state index in [2.05, 4.69) is 4.74 Å². The van der Waals surface area contributed by atoms with Crippen molar-refractivity contribution in [2.75, 3.05) is 7.11 Å². The van der Waals surface area contributed by atoms with E-state index in [1.165, 1.54) is 7.11 Å². The fourth-order valence-electron chi connectivity index (χ4n) is 1.61. The molecule has 12 heavy (non-hydrogen) atoms. The van der Waals surface area contributed by atoms with Crippen molar-refractivity contribution in [3.63, 3.8) is 0 Å². The van der Waals surface area contributed by atoms with Crippen molar-refractivity contribution >= 4 is 5.97 Å². The number of rotatable bonds is 1. The van der Waals surface area contributed by atoms with Gasteiger partial charge in [-0.15, -0.1) is 0 Å². The van der Waals surface area contributed by atoms with Gasteiger partial charge in [-0.2, -0.15) is 0 Å². The average molecular weight is 172 g/mol. The van der Waals surface area contributed by atoms with Gasteiger partial charge in [-0.3, -0.25) is 4.79 Å². The Morgan fingerprint density at radius 3 is 2.50 bits per heavy atom. The summed E-state index contributed by atoms with van der Waals surface area (Å²) in [5.74, 6) is -0.192. The van der Waals surface area contributed by atoms with Crippen LogP contribution in [0.3, 0.4) is 0 Å². The molecule has 1 aliphatic rings. The molecular formula is C8H16N2O2. The van der Waals surface area contributed by atoms with Gasteiger partial charge < -0.3 is 16.2 Å². The number of carbonyl (C=O) groups is 1. The molecule has 0 radical (unpaired) electrons. The van der Waals surface area contributed by atoms with Crippen LogP contribution in [0.1, 0.15) is 19.3 Å². The van der Waals surface area contributed by atoms with E-state index in [0.29, 0.717) is 6.42 Å². The van der Waals surface area contributed by atoms with Crippen molar-refractivity contribution in [2.24, 2.45) is 17.4 Å². The summed E-state index contributed by atoms with van der Waals surface area (Å²) in [7, 11) is 1.41. The van der Waals surface area contributed by atoms with Gasteiger partial charge in [0.1, 0.15) is 0 Å². The molecule has 1 rings (SSSR count). The second kappa shape index (κ2) is 3.87. The zero-order valence-corrected chi connectivity index (χ0v) is 7.32. The summed E-state index contributed by atoms with van der Waals surface area (Å²) in [5, 5.41) is 0. The Balaban J connectivity index is 2.45. The van der Waals surface area contributed by atoms with E-state index in [0.717, 1.165) is 12.8 Å². The standard InChI is InChI=1S/C8H16N2O2/c1-12-8(11)5-2-3-6(9)7(10)4-5/h5-7H,2-4,9-10H2,1H3/t5-,6+,7-/m0/s1. The third kappa shape index (κ3) is 1.95. The van der Waals surface area contributed by atoms with Crippen LogP contribution in [0.15, 0.2) is 0 Å². The maximum absolute atomic E-state index is 11.1. The number of carbonyl (C=O) groups excluding carboxylic acids is 1. The molecule has 1 aliphatic carbocycles. The minimum Gasteiger partial charge on any atom is -0.469 e. The highest BCUT2D eigenvalue weighted by Gasteiger charge is 2.30. The minimum atomic E-state index is -0.155. The molecule has 0 bridgehead atoms. The van der Waals surface area contributed by atoms with Gasteiger partial charge in [0.15, 0.2) is 0 Å². The summed E-state index contributed by atoms with van der Waals surface area (Å²) in [6.45, 7) is 0. The molecule has 0 aromatic carbocycles. The predicted octanol–water partition coefficient (Wildman–Crippen LogP) is -0.386. The predicted molar refractivity (Wildman–Crippen MR) is 45.3 cm³/mol. The molecule has 0 heterocycles. The summed E-state index contributed by atoms with van der Waals surface area (Å²) in [6, 6.07) is -0.00578. The van der Waals surface area contributed by atoms with Gasteiger partial charge in [0.05, 0.1) is 13.0 Å². The fourth-order valence-corrected chi connectivity index (χ4v) is 1.61. The van der Waals surface area contributed by atoms with Crippen molar-refractivity contribution < 1.29 is 9.53 Å². The summed E-state index contributed by atoms with van der Waals surface area (Å²) in [6.07, 6.45) is 2.29. The Bertz CT molecular complexity index is 172. The largest absolute Gasteiger partial charge is 0.469 e. The van der Waals surface area contributed by atoms with Crippen LogP contribution in [0.25, 0.3) is 0 Å². The second-order valence-electron chi connectivity index (χ2n) is 3.36. The molecule has 4 nitrogen and oxygen atoms in total. The van der Waals surface area contributed by atoms with Gasteiger partial charge in [0.2, 0.25) is 0 Å². The molecule has 70 valence electrons. The fraction of sp³-hybridized carbons (Fsp3) is 0.875. The molecule has 0 aromatic rings. The van der Waals surface area contributed by atoms with Crippen LogP contribution in [-0.2, 0) is 9.53 Å². The normalized spacial score (nSPS) is 36.1. The summed E-state index contributed by atoms with van der Waals surface area (Å²) in [5.41, 5.74) is 11.4. The lowest BCUT2D eigenvalue weighted by atomic mass is 9.83. The van der Waals surface area contributed by atoms with E-state index < -0.39 is 0 Å². The highest BCUT2D eigenvalue weighted by atomic mass is 16.5. The Hall–Kier alpha value is -0.610. The van der Waals surface area contributed by atoms with E-state index in [4.69, 9.17) is 11.5 Å². The molecule has 3 atom stereocenters. The van der Waals surface area contributed by atoms with Crippen LogP contribution in [-0.4, -0.2) is 25.2 Å². The molecule has 0 unspecified atom stereocenters. The van der Waals surface area contributed by atoms with Crippen molar-refractivity contribution in [3.8, 4) is 0 Å². The van der Waals surface area contributed by atoms with Crippen molar-refractivity contribution in [2.45, 2.75) is 31.3 Å². The first-order valence-corrected chi connectivity index (χ1v) is 4.24. The first kappa shape index (κ1) is 9.48. The van der Waals surface area contributed by atoms with Gasteiger partial charge in [-0.05, 0) is 19.3 Å². The smallest absolute Gasteiger partial charge is 0.308 e. The monoisotopic (exact) mass is 172 g/mol. The lowest BCUT2D eigenvalue weighted by Crippen LogP contribution is -2.47. The zero-order valence-electron chi connectivity index (χ0n) is 7.32. The first-order chi connectivity index (χ1) is 5.65. The molecule has 0 saturated heterocycles. The van der Waals surface area contributed by atoms with E-state index in [-0.39, 0.29) is 24.0 Å². The number of hydrogen-bond donors (Lipinski definition) is 2. The highest BCUT2D eigenvalue weighted by Crippen LogP contribution is 2.23. The van der Waals surface area contributed by atoms with Crippen LogP contribution >= 0.6 is 0 Å². The maximum Gasteiger partial charge on any atom is 0.308 e. The van der Waals surface area contributed by atoms with Crippen LogP contribution in [0.2, 0.25) is 0 Å². The summed E-state index contributed by atoms with van der Waals surface area (Å²) in [4.78, 5) is 11.1. The summed E-state index contributed by atoms with van der Waals surface area (Å²) >= 11 is 0. The van der Waals surface area contributed by atoms with Crippen LogP contribution in [0, 0.1) is 5.92 Å².